The van der Waals surface area contributed by atoms with Gasteiger partial charge in [0.25, 0.3) is 0 Å². The summed E-state index contributed by atoms with van der Waals surface area (Å²) in [7, 11) is 0. The Hall–Kier alpha value is -2.97. The molecule has 0 atom stereocenters. The van der Waals surface area contributed by atoms with Crippen LogP contribution < -0.4 is 5.43 Å². The van der Waals surface area contributed by atoms with E-state index < -0.39 is 6.09 Å². The van der Waals surface area contributed by atoms with Gasteiger partial charge in [0.1, 0.15) is 17.9 Å². The number of benzene rings is 1. The Balaban J connectivity index is 1.21. The van der Waals surface area contributed by atoms with Crippen LogP contribution in [0.15, 0.2) is 48.0 Å². The molecule has 1 N–H and O–H groups in total. The number of hydrazine groups is 1. The van der Waals surface area contributed by atoms with Gasteiger partial charge in [-0.15, -0.1) is 11.3 Å². The number of ether oxygens (including phenoxy) is 1. The molecule has 3 aromatic heterocycles. The molecule has 5 rings (SSSR count). The Morgan fingerprint density at radius 3 is 2.79 bits per heavy atom. The average Bonchev–Trinajstić information content (AvgIpc) is 3.47. The van der Waals surface area contributed by atoms with Gasteiger partial charge in [0, 0.05) is 26.1 Å². The van der Waals surface area contributed by atoms with Crippen LogP contribution in [0.4, 0.5) is 4.79 Å². The summed E-state index contributed by atoms with van der Waals surface area (Å²) in [6, 6.07) is 11.8. The van der Waals surface area contributed by atoms with Gasteiger partial charge in [-0.2, -0.15) is 0 Å². The summed E-state index contributed by atoms with van der Waals surface area (Å²) in [5.74, 6) is 1.71. The first kappa shape index (κ1) is 22.8. The second-order valence-corrected chi connectivity index (χ2v) is 9.89. The summed E-state index contributed by atoms with van der Waals surface area (Å²) in [4.78, 5) is 21.8. The summed E-state index contributed by atoms with van der Waals surface area (Å²) < 4.78 is 9.05. The van der Waals surface area contributed by atoms with E-state index in [9.17, 15) is 4.79 Å². The predicted molar refractivity (Wildman–Crippen MR) is 136 cm³/mol. The molecule has 1 saturated heterocycles. The number of carbonyl (C=O) groups excluding carboxylic acids is 1. The van der Waals surface area contributed by atoms with E-state index in [1.165, 1.54) is 16.0 Å². The SMILES string of the molecule is CCCCc1nc2cnc3ccsc3c2n1CC1CCN(NC(=O)OCc2ccccc2)CC1. The topological polar surface area (TPSA) is 72.3 Å². The molecule has 0 saturated carbocycles. The maximum absolute atomic E-state index is 12.2. The number of aryl methyl sites for hydroxylation is 1. The third-order valence-corrected chi connectivity index (χ3v) is 7.44. The van der Waals surface area contributed by atoms with Crippen molar-refractivity contribution >= 4 is 38.7 Å². The average molecular weight is 478 g/mol. The van der Waals surface area contributed by atoms with E-state index in [4.69, 9.17) is 9.72 Å². The highest BCUT2D eigenvalue weighted by Gasteiger charge is 2.24. The van der Waals surface area contributed by atoms with Gasteiger partial charge >= 0.3 is 6.09 Å². The van der Waals surface area contributed by atoms with Crippen molar-refractivity contribution in [1.29, 1.82) is 0 Å². The van der Waals surface area contributed by atoms with Crippen LogP contribution in [0.1, 0.15) is 44.0 Å². The van der Waals surface area contributed by atoms with Gasteiger partial charge < -0.3 is 9.30 Å². The molecule has 0 unspecified atom stereocenters. The standard InChI is InChI=1S/C26H31N5O2S/c1-2-3-9-23-28-22-16-27-21-12-15-34-25(21)24(22)31(23)17-19-10-13-30(14-11-19)29-26(32)33-18-20-7-5-4-6-8-20/h4-8,12,15-16,19H,2-3,9-11,13-14,17-18H2,1H3,(H,29,32). The van der Waals surface area contributed by atoms with Crippen LogP contribution in [0.5, 0.6) is 0 Å². The highest BCUT2D eigenvalue weighted by molar-refractivity contribution is 7.18. The third kappa shape index (κ3) is 5.08. The van der Waals surface area contributed by atoms with Gasteiger partial charge in [-0.05, 0) is 42.2 Å². The van der Waals surface area contributed by atoms with Crippen molar-refractivity contribution in [1.82, 2.24) is 25.0 Å². The molecule has 1 aliphatic rings. The molecule has 0 bridgehead atoms. The Morgan fingerprint density at radius 1 is 1.18 bits per heavy atom. The normalized spacial score (nSPS) is 15.2. The van der Waals surface area contributed by atoms with Crippen molar-refractivity contribution in [2.24, 2.45) is 5.92 Å². The van der Waals surface area contributed by atoms with Gasteiger partial charge in [0.15, 0.2) is 0 Å². The first-order valence-electron chi connectivity index (χ1n) is 12.1. The lowest BCUT2D eigenvalue weighted by atomic mass is 9.97. The lowest BCUT2D eigenvalue weighted by molar-refractivity contribution is 0.0787. The van der Waals surface area contributed by atoms with Crippen LogP contribution in [0.2, 0.25) is 0 Å². The molecule has 0 aliphatic carbocycles. The zero-order valence-electron chi connectivity index (χ0n) is 19.6. The first-order chi connectivity index (χ1) is 16.7. The third-order valence-electron chi connectivity index (χ3n) is 6.53. The van der Waals surface area contributed by atoms with Crippen LogP contribution in [-0.4, -0.2) is 38.7 Å². The summed E-state index contributed by atoms with van der Waals surface area (Å²) in [5.41, 5.74) is 7.17. The number of hydrogen-bond acceptors (Lipinski definition) is 6. The highest BCUT2D eigenvalue weighted by Crippen LogP contribution is 2.31. The number of piperidine rings is 1. The molecule has 1 aliphatic heterocycles. The van der Waals surface area contributed by atoms with Gasteiger partial charge in [-0.3, -0.25) is 10.4 Å². The summed E-state index contributed by atoms with van der Waals surface area (Å²) >= 11 is 1.75. The minimum Gasteiger partial charge on any atom is -0.444 e. The minimum absolute atomic E-state index is 0.281. The number of unbranched alkanes of at least 4 members (excludes halogenated alkanes) is 1. The van der Waals surface area contributed by atoms with E-state index in [0.29, 0.717) is 5.92 Å². The van der Waals surface area contributed by atoms with E-state index in [1.54, 1.807) is 11.3 Å². The van der Waals surface area contributed by atoms with Crippen LogP contribution in [-0.2, 0) is 24.3 Å². The van der Waals surface area contributed by atoms with Crippen molar-refractivity contribution in [3.63, 3.8) is 0 Å². The number of nitrogens with one attached hydrogen (secondary N) is 1. The number of pyridine rings is 1. The summed E-state index contributed by atoms with van der Waals surface area (Å²) in [6.45, 7) is 5.10. The van der Waals surface area contributed by atoms with Crippen LogP contribution >= 0.6 is 11.3 Å². The Morgan fingerprint density at radius 2 is 2.00 bits per heavy atom. The Labute approximate surface area is 203 Å². The number of nitrogens with zero attached hydrogens (tertiary/aromatic N) is 4. The van der Waals surface area contributed by atoms with Crippen LogP contribution in [0.25, 0.3) is 21.3 Å². The lowest BCUT2D eigenvalue weighted by Crippen LogP contribution is -2.47. The number of aromatic nitrogens is 3. The summed E-state index contributed by atoms with van der Waals surface area (Å²) in [6.07, 6.45) is 6.85. The fourth-order valence-electron chi connectivity index (χ4n) is 4.65. The number of hydrogen-bond donors (Lipinski definition) is 1. The highest BCUT2D eigenvalue weighted by atomic mass is 32.1. The number of carbonyl (C=O) groups is 1. The van der Waals surface area contributed by atoms with Gasteiger partial charge in [0.2, 0.25) is 0 Å². The molecule has 1 aromatic carbocycles. The Bertz CT molecular complexity index is 1240. The maximum atomic E-state index is 12.2. The van der Waals surface area contributed by atoms with E-state index in [2.05, 4.69) is 33.3 Å². The second kappa shape index (κ2) is 10.5. The molecule has 7 nitrogen and oxygen atoms in total. The molecule has 1 fully saturated rings. The van der Waals surface area contributed by atoms with E-state index in [1.807, 2.05) is 41.5 Å². The predicted octanol–water partition coefficient (Wildman–Crippen LogP) is 5.54. The van der Waals surface area contributed by atoms with E-state index >= 15 is 0 Å². The molecule has 1 amide bonds. The first-order valence-corrected chi connectivity index (χ1v) is 13.0. The number of amides is 1. The molecular weight excluding hydrogens is 446 g/mol. The fraction of sp³-hybridized carbons (Fsp3) is 0.423. The number of rotatable bonds is 8. The van der Waals surface area contributed by atoms with Crippen molar-refractivity contribution in [3.8, 4) is 0 Å². The molecule has 178 valence electrons. The van der Waals surface area contributed by atoms with Crippen molar-refractivity contribution in [2.75, 3.05) is 13.1 Å². The van der Waals surface area contributed by atoms with E-state index in [0.717, 1.165) is 68.3 Å². The van der Waals surface area contributed by atoms with Crippen molar-refractivity contribution in [2.45, 2.75) is 52.2 Å². The zero-order chi connectivity index (χ0) is 23.3. The number of fused-ring (bicyclic) bond motifs is 3. The lowest BCUT2D eigenvalue weighted by Gasteiger charge is -2.32. The minimum atomic E-state index is -0.391. The van der Waals surface area contributed by atoms with Crippen molar-refractivity contribution < 1.29 is 9.53 Å². The van der Waals surface area contributed by atoms with Crippen molar-refractivity contribution in [3.05, 3.63) is 59.4 Å². The molecule has 34 heavy (non-hydrogen) atoms. The molecule has 4 aromatic rings. The fourth-order valence-corrected chi connectivity index (χ4v) is 5.55. The molecule has 4 heterocycles. The van der Waals surface area contributed by atoms with Gasteiger partial charge in [0.05, 0.1) is 21.9 Å². The molecule has 8 heteroatoms. The molecular formula is C26H31N5O2S. The molecule has 0 spiro atoms. The monoisotopic (exact) mass is 477 g/mol. The smallest absolute Gasteiger partial charge is 0.422 e. The van der Waals surface area contributed by atoms with Crippen LogP contribution in [0, 0.1) is 5.92 Å². The largest absolute Gasteiger partial charge is 0.444 e. The van der Waals surface area contributed by atoms with Gasteiger partial charge in [-0.1, -0.05) is 43.7 Å². The zero-order valence-corrected chi connectivity index (χ0v) is 20.4. The maximum Gasteiger partial charge on any atom is 0.422 e. The van der Waals surface area contributed by atoms with E-state index in [-0.39, 0.29) is 6.61 Å². The quantitative estimate of drug-likeness (QED) is 0.361. The Kier molecular flexibility index (Phi) is 7.06. The molecule has 0 radical (unpaired) electrons. The van der Waals surface area contributed by atoms with Crippen LogP contribution in [0.3, 0.4) is 0 Å². The van der Waals surface area contributed by atoms with Gasteiger partial charge in [-0.25, -0.2) is 14.8 Å². The number of imidazole rings is 1. The summed E-state index contributed by atoms with van der Waals surface area (Å²) in [5, 5.41) is 4.09. The second-order valence-electron chi connectivity index (χ2n) is 8.97. The number of thiophene rings is 1.